The van der Waals surface area contributed by atoms with Crippen LogP contribution in [-0.2, 0) is 11.2 Å². The van der Waals surface area contributed by atoms with Crippen molar-refractivity contribution in [2.75, 3.05) is 11.4 Å². The van der Waals surface area contributed by atoms with Crippen LogP contribution in [0.1, 0.15) is 34.5 Å². The van der Waals surface area contributed by atoms with Crippen LogP contribution in [0.2, 0.25) is 0 Å². The van der Waals surface area contributed by atoms with Crippen LogP contribution in [-0.4, -0.2) is 18.5 Å². The van der Waals surface area contributed by atoms with Gasteiger partial charge in [0.25, 0.3) is 0 Å². The summed E-state index contributed by atoms with van der Waals surface area (Å²) in [7, 11) is 0. The molecule has 0 aliphatic carbocycles. The number of carbonyl (C=O) groups is 1. The number of nitrogens with zero attached hydrogens (tertiary/aromatic N) is 1. The van der Waals surface area contributed by atoms with Crippen molar-refractivity contribution in [3.8, 4) is 0 Å². The zero-order chi connectivity index (χ0) is 18.8. The van der Waals surface area contributed by atoms with Gasteiger partial charge in [-0.2, -0.15) is 0 Å². The first-order valence-corrected chi connectivity index (χ1v) is 10.3. The lowest BCUT2D eigenvalue weighted by atomic mass is 10.0. The van der Waals surface area contributed by atoms with E-state index in [9.17, 15) is 4.79 Å². The zero-order valence-electron chi connectivity index (χ0n) is 15.7. The second-order valence-electron chi connectivity index (χ2n) is 7.12. The molecule has 0 fully saturated rings. The molecule has 138 valence electrons. The summed E-state index contributed by atoms with van der Waals surface area (Å²) in [6.07, 6.45) is 0.931. The molecule has 1 N–H and O–H groups in total. The summed E-state index contributed by atoms with van der Waals surface area (Å²) in [6.45, 7) is 4.82. The highest BCUT2D eigenvalue weighted by atomic mass is 32.1. The van der Waals surface area contributed by atoms with Gasteiger partial charge in [0.1, 0.15) is 0 Å². The van der Waals surface area contributed by atoms with Gasteiger partial charge in [-0.25, -0.2) is 0 Å². The van der Waals surface area contributed by atoms with Gasteiger partial charge in [0.05, 0.1) is 12.1 Å². The van der Waals surface area contributed by atoms with Crippen molar-refractivity contribution in [2.45, 2.75) is 32.4 Å². The number of benzene rings is 2. The molecule has 3 nitrogen and oxygen atoms in total. The topological polar surface area (TPSA) is 32.3 Å². The number of hydrogen-bond donors (Lipinski definition) is 1. The third-order valence-electron chi connectivity index (χ3n) is 5.18. The molecule has 0 bridgehead atoms. The SMILES string of the molecule is Cc1ccc([C@H](N[C@@H](C)C(=O)N2CCc3ccccc32)c2cccs2)cc1. The summed E-state index contributed by atoms with van der Waals surface area (Å²) in [4.78, 5) is 16.3. The maximum Gasteiger partial charge on any atom is 0.243 e. The van der Waals surface area contributed by atoms with Crippen molar-refractivity contribution in [2.24, 2.45) is 0 Å². The number of nitrogens with one attached hydrogen (secondary N) is 1. The highest BCUT2D eigenvalue weighted by Crippen LogP contribution is 2.30. The summed E-state index contributed by atoms with van der Waals surface area (Å²) in [6, 6.07) is 20.7. The monoisotopic (exact) mass is 376 g/mol. The molecule has 2 aromatic carbocycles. The van der Waals surface area contributed by atoms with Crippen LogP contribution in [0.15, 0.2) is 66.0 Å². The van der Waals surface area contributed by atoms with Crippen LogP contribution >= 0.6 is 11.3 Å². The molecule has 2 atom stereocenters. The van der Waals surface area contributed by atoms with Crippen molar-refractivity contribution < 1.29 is 4.79 Å². The highest BCUT2D eigenvalue weighted by molar-refractivity contribution is 7.10. The minimum Gasteiger partial charge on any atom is -0.310 e. The number of anilines is 1. The van der Waals surface area contributed by atoms with E-state index in [0.717, 1.165) is 18.7 Å². The molecule has 0 saturated heterocycles. The Morgan fingerprint density at radius 3 is 2.59 bits per heavy atom. The molecule has 0 radical (unpaired) electrons. The lowest BCUT2D eigenvalue weighted by Gasteiger charge is -2.26. The Kier molecular flexibility index (Phi) is 5.10. The van der Waals surface area contributed by atoms with E-state index in [2.05, 4.69) is 60.1 Å². The summed E-state index contributed by atoms with van der Waals surface area (Å²) >= 11 is 1.72. The fourth-order valence-corrected chi connectivity index (χ4v) is 4.49. The lowest BCUT2D eigenvalue weighted by Crippen LogP contribution is -2.45. The lowest BCUT2D eigenvalue weighted by molar-refractivity contribution is -0.120. The molecular formula is C23H24N2OS. The van der Waals surface area contributed by atoms with E-state index in [1.165, 1.54) is 21.6 Å². The summed E-state index contributed by atoms with van der Waals surface area (Å²) in [5, 5.41) is 5.67. The zero-order valence-corrected chi connectivity index (χ0v) is 16.5. The maximum atomic E-state index is 13.2. The van der Waals surface area contributed by atoms with E-state index in [4.69, 9.17) is 0 Å². The van der Waals surface area contributed by atoms with E-state index in [1.54, 1.807) is 11.3 Å². The standard InChI is InChI=1S/C23H24N2OS/c1-16-9-11-19(12-10-16)22(21-8-5-15-27-21)24-17(2)23(26)25-14-13-18-6-3-4-7-20(18)25/h3-12,15,17,22,24H,13-14H2,1-2H3/t17-,22-/m0/s1. The van der Waals surface area contributed by atoms with Gasteiger partial charge in [-0.3, -0.25) is 10.1 Å². The van der Waals surface area contributed by atoms with Gasteiger partial charge < -0.3 is 4.90 Å². The fourth-order valence-electron chi connectivity index (χ4n) is 3.68. The molecular weight excluding hydrogens is 352 g/mol. The number of para-hydroxylation sites is 1. The first-order chi connectivity index (χ1) is 13.1. The Labute approximate surface area is 164 Å². The molecule has 4 heteroatoms. The van der Waals surface area contributed by atoms with E-state index < -0.39 is 0 Å². The Morgan fingerprint density at radius 2 is 1.85 bits per heavy atom. The number of amides is 1. The predicted molar refractivity (Wildman–Crippen MR) is 112 cm³/mol. The molecule has 1 aromatic heterocycles. The molecule has 3 aromatic rings. The highest BCUT2D eigenvalue weighted by Gasteiger charge is 2.29. The van der Waals surface area contributed by atoms with Gasteiger partial charge in [-0.1, -0.05) is 54.1 Å². The summed E-state index contributed by atoms with van der Waals surface area (Å²) in [5.74, 6) is 0.133. The Balaban J connectivity index is 1.56. The largest absolute Gasteiger partial charge is 0.310 e. The van der Waals surface area contributed by atoms with Crippen LogP contribution in [0.4, 0.5) is 5.69 Å². The Morgan fingerprint density at radius 1 is 1.07 bits per heavy atom. The van der Waals surface area contributed by atoms with E-state index >= 15 is 0 Å². The minimum atomic E-state index is -0.274. The number of thiophene rings is 1. The van der Waals surface area contributed by atoms with Crippen molar-refractivity contribution >= 4 is 22.9 Å². The molecule has 0 unspecified atom stereocenters. The van der Waals surface area contributed by atoms with Crippen LogP contribution in [0.25, 0.3) is 0 Å². The predicted octanol–water partition coefficient (Wildman–Crippen LogP) is 4.71. The number of fused-ring (bicyclic) bond motifs is 1. The quantitative estimate of drug-likeness (QED) is 0.699. The van der Waals surface area contributed by atoms with Crippen LogP contribution in [0.5, 0.6) is 0 Å². The molecule has 1 aliphatic rings. The third kappa shape index (κ3) is 3.68. The number of rotatable bonds is 5. The first kappa shape index (κ1) is 18.0. The van der Waals surface area contributed by atoms with Crippen molar-refractivity contribution in [1.82, 2.24) is 5.32 Å². The normalized spacial score (nSPS) is 15.4. The van der Waals surface area contributed by atoms with Crippen LogP contribution in [0, 0.1) is 6.92 Å². The fraction of sp³-hybridized carbons (Fsp3) is 0.261. The van der Waals surface area contributed by atoms with Crippen LogP contribution < -0.4 is 10.2 Å². The molecule has 1 aliphatic heterocycles. The molecule has 4 rings (SSSR count). The summed E-state index contributed by atoms with van der Waals surface area (Å²) < 4.78 is 0. The van der Waals surface area contributed by atoms with Gasteiger partial charge >= 0.3 is 0 Å². The van der Waals surface area contributed by atoms with E-state index in [-0.39, 0.29) is 18.0 Å². The molecule has 1 amide bonds. The average molecular weight is 377 g/mol. The second-order valence-corrected chi connectivity index (χ2v) is 8.10. The number of aryl methyl sites for hydroxylation is 1. The smallest absolute Gasteiger partial charge is 0.243 e. The van der Waals surface area contributed by atoms with Gasteiger partial charge in [-0.15, -0.1) is 11.3 Å². The summed E-state index contributed by atoms with van der Waals surface area (Å²) in [5.41, 5.74) is 4.73. The molecule has 27 heavy (non-hydrogen) atoms. The van der Waals surface area contributed by atoms with Crippen LogP contribution in [0.3, 0.4) is 0 Å². The number of carbonyl (C=O) groups excluding carboxylic acids is 1. The molecule has 0 spiro atoms. The van der Waals surface area contributed by atoms with Crippen molar-refractivity contribution in [3.05, 3.63) is 87.6 Å². The van der Waals surface area contributed by atoms with Crippen molar-refractivity contribution in [1.29, 1.82) is 0 Å². The maximum absolute atomic E-state index is 13.2. The average Bonchev–Trinajstić information content (AvgIpc) is 3.36. The number of hydrogen-bond acceptors (Lipinski definition) is 3. The Bertz CT molecular complexity index is 918. The van der Waals surface area contributed by atoms with Gasteiger partial charge in [0.15, 0.2) is 0 Å². The van der Waals surface area contributed by atoms with E-state index in [1.807, 2.05) is 30.0 Å². The first-order valence-electron chi connectivity index (χ1n) is 9.39. The second kappa shape index (κ2) is 7.67. The molecule has 2 heterocycles. The molecule has 0 saturated carbocycles. The van der Waals surface area contributed by atoms with Crippen molar-refractivity contribution in [3.63, 3.8) is 0 Å². The van der Waals surface area contributed by atoms with Gasteiger partial charge in [-0.05, 0) is 48.9 Å². The van der Waals surface area contributed by atoms with Gasteiger partial charge in [0.2, 0.25) is 5.91 Å². The minimum absolute atomic E-state index is 0.0161. The third-order valence-corrected chi connectivity index (χ3v) is 6.12. The van der Waals surface area contributed by atoms with Gasteiger partial charge in [0, 0.05) is 17.1 Å². The Hall–Kier alpha value is -2.43. The van der Waals surface area contributed by atoms with E-state index in [0.29, 0.717) is 0 Å².